The van der Waals surface area contributed by atoms with Gasteiger partial charge in [0.15, 0.2) is 0 Å². The molecule has 0 radical (unpaired) electrons. The molecule has 1 aliphatic heterocycles. The monoisotopic (exact) mass is 522 g/mol. The van der Waals surface area contributed by atoms with Crippen LogP contribution in [0.1, 0.15) is 28.8 Å². The Labute approximate surface area is 219 Å². The number of primary amides is 1. The molecule has 3 aromatic carbocycles. The zero-order chi connectivity index (χ0) is 25.6. The largest absolute Gasteiger partial charge is 0.369 e. The molecule has 3 N–H and O–H groups in total. The van der Waals surface area contributed by atoms with E-state index in [1.165, 1.54) is 0 Å². The van der Waals surface area contributed by atoms with Gasteiger partial charge < -0.3 is 20.5 Å². The third kappa shape index (κ3) is 4.69. The second-order valence-corrected chi connectivity index (χ2v) is 10.5. The molecule has 0 spiro atoms. The van der Waals surface area contributed by atoms with Crippen LogP contribution in [-0.4, -0.2) is 59.8 Å². The number of carbonyl (C=O) groups excluding carboxylic acids is 2. The molecule has 1 saturated heterocycles. The number of amides is 2. The number of nitrogens with one attached hydrogen (secondary N) is 1. The summed E-state index contributed by atoms with van der Waals surface area (Å²) in [4.78, 5) is 32.8. The van der Waals surface area contributed by atoms with Gasteiger partial charge in [0.05, 0.1) is 22.0 Å². The highest BCUT2D eigenvalue weighted by Crippen LogP contribution is 2.35. The molecule has 1 aromatic heterocycles. The molecule has 36 heavy (non-hydrogen) atoms. The van der Waals surface area contributed by atoms with Crippen molar-refractivity contribution in [1.82, 2.24) is 14.8 Å². The molecule has 4 aromatic rings. The van der Waals surface area contributed by atoms with E-state index in [-0.39, 0.29) is 12.3 Å². The highest BCUT2D eigenvalue weighted by atomic mass is 35.5. The molecule has 0 unspecified atom stereocenters. The van der Waals surface area contributed by atoms with E-state index in [2.05, 4.69) is 30.0 Å². The summed E-state index contributed by atoms with van der Waals surface area (Å²) in [6, 6.07) is 15.7. The summed E-state index contributed by atoms with van der Waals surface area (Å²) in [6.45, 7) is 1.50. The molecule has 0 atom stereocenters. The van der Waals surface area contributed by atoms with Crippen molar-refractivity contribution in [3.63, 3.8) is 0 Å². The summed E-state index contributed by atoms with van der Waals surface area (Å²) in [6.07, 6.45) is 2.03. The number of hydrogen-bond donors (Lipinski definition) is 2. The van der Waals surface area contributed by atoms with E-state index in [1.807, 2.05) is 35.2 Å². The van der Waals surface area contributed by atoms with E-state index in [9.17, 15) is 9.59 Å². The summed E-state index contributed by atoms with van der Waals surface area (Å²) < 4.78 is 0. The molecule has 0 aliphatic carbocycles. The van der Waals surface area contributed by atoms with Crippen LogP contribution in [0, 0.1) is 0 Å². The third-order valence-electron chi connectivity index (χ3n) is 7.14. The van der Waals surface area contributed by atoms with Gasteiger partial charge in [-0.25, -0.2) is 0 Å². The zero-order valence-electron chi connectivity index (χ0n) is 20.3. The summed E-state index contributed by atoms with van der Waals surface area (Å²) in [5, 5.41) is 2.77. The van der Waals surface area contributed by atoms with Gasteiger partial charge in [0.1, 0.15) is 0 Å². The minimum Gasteiger partial charge on any atom is -0.369 e. The van der Waals surface area contributed by atoms with Crippen LogP contribution in [0.2, 0.25) is 10.0 Å². The van der Waals surface area contributed by atoms with Crippen LogP contribution in [0.5, 0.6) is 0 Å². The molecule has 186 valence electrons. The number of piperidine rings is 1. The predicted octanol–water partition coefficient (Wildman–Crippen LogP) is 5.49. The molecule has 0 bridgehead atoms. The number of H-pyrrole nitrogens is 1. The Morgan fingerprint density at radius 3 is 2.39 bits per heavy atom. The molecule has 8 heteroatoms. The standard InChI is InChI=1S/C28H28Cl2N4O2/c1-33(2)20-7-9-34(10-8-20)28(36)17-4-6-25-21(12-17)22-13-18(16-3-5-23(29)24(30)14-16)11-19(15-26(31)35)27(22)32-25/h3-6,11-14,20,32H,7-10,15H2,1-2H3,(H2,31,35). The smallest absolute Gasteiger partial charge is 0.253 e. The first-order valence-electron chi connectivity index (χ1n) is 12.0. The summed E-state index contributed by atoms with van der Waals surface area (Å²) in [7, 11) is 4.18. The molecule has 1 aliphatic rings. The number of nitrogens with zero attached hydrogens (tertiary/aromatic N) is 2. The van der Waals surface area contributed by atoms with Gasteiger partial charge in [-0.1, -0.05) is 29.3 Å². The minimum absolute atomic E-state index is 0.0430. The maximum atomic E-state index is 13.4. The van der Waals surface area contributed by atoms with Crippen molar-refractivity contribution < 1.29 is 9.59 Å². The summed E-state index contributed by atoms with van der Waals surface area (Å²) in [5.41, 5.74) is 10.5. The van der Waals surface area contributed by atoms with Crippen molar-refractivity contribution in [1.29, 1.82) is 0 Å². The second-order valence-electron chi connectivity index (χ2n) is 9.70. The zero-order valence-corrected chi connectivity index (χ0v) is 21.8. The molecule has 6 nitrogen and oxygen atoms in total. The third-order valence-corrected chi connectivity index (χ3v) is 7.88. The van der Waals surface area contributed by atoms with Gasteiger partial charge in [-0.2, -0.15) is 0 Å². The lowest BCUT2D eigenvalue weighted by atomic mass is 9.97. The number of rotatable bonds is 5. The topological polar surface area (TPSA) is 82.4 Å². The first-order chi connectivity index (χ1) is 17.2. The fourth-order valence-electron chi connectivity index (χ4n) is 5.14. The second kappa shape index (κ2) is 9.77. The Morgan fingerprint density at radius 1 is 0.972 bits per heavy atom. The fourth-order valence-corrected chi connectivity index (χ4v) is 5.44. The van der Waals surface area contributed by atoms with Crippen molar-refractivity contribution in [2.24, 2.45) is 5.73 Å². The van der Waals surface area contributed by atoms with Crippen LogP contribution in [0.4, 0.5) is 0 Å². The van der Waals surface area contributed by atoms with E-state index < -0.39 is 5.91 Å². The Kier molecular flexibility index (Phi) is 6.68. The van der Waals surface area contributed by atoms with Crippen molar-refractivity contribution in [3.05, 3.63) is 69.7 Å². The average molecular weight is 523 g/mol. The number of fused-ring (bicyclic) bond motifs is 3. The normalized spacial score (nSPS) is 14.8. The number of halogens is 2. The Hall–Kier alpha value is -3.06. The maximum absolute atomic E-state index is 13.4. The van der Waals surface area contributed by atoms with Crippen LogP contribution in [0.15, 0.2) is 48.5 Å². The van der Waals surface area contributed by atoms with Gasteiger partial charge in [-0.15, -0.1) is 0 Å². The molecule has 1 fully saturated rings. The molecule has 0 saturated carbocycles. The minimum atomic E-state index is -0.418. The average Bonchev–Trinajstić information content (AvgIpc) is 3.23. The van der Waals surface area contributed by atoms with E-state index in [0.717, 1.165) is 64.4 Å². The first-order valence-corrected chi connectivity index (χ1v) is 12.7. The van der Waals surface area contributed by atoms with Crippen LogP contribution in [0.3, 0.4) is 0 Å². The highest BCUT2D eigenvalue weighted by molar-refractivity contribution is 6.42. The molecular weight excluding hydrogens is 495 g/mol. The van der Waals surface area contributed by atoms with Gasteiger partial charge in [0, 0.05) is 41.0 Å². The van der Waals surface area contributed by atoms with E-state index in [1.54, 1.807) is 12.1 Å². The van der Waals surface area contributed by atoms with Gasteiger partial charge in [0.2, 0.25) is 5.91 Å². The molecule has 5 rings (SSSR count). The Bertz CT molecular complexity index is 1490. The number of aromatic nitrogens is 1. The van der Waals surface area contributed by atoms with Gasteiger partial charge >= 0.3 is 0 Å². The summed E-state index contributed by atoms with van der Waals surface area (Å²) >= 11 is 12.4. The lowest BCUT2D eigenvalue weighted by Crippen LogP contribution is -2.44. The number of likely N-dealkylation sites (tertiary alicyclic amines) is 1. The molecular formula is C28H28Cl2N4O2. The van der Waals surface area contributed by atoms with Gasteiger partial charge in [-0.3, -0.25) is 9.59 Å². The van der Waals surface area contributed by atoms with Crippen LogP contribution < -0.4 is 5.73 Å². The Balaban J connectivity index is 1.58. The fraction of sp³-hybridized carbons (Fsp3) is 0.286. The van der Waals surface area contributed by atoms with Crippen LogP contribution in [0.25, 0.3) is 32.9 Å². The maximum Gasteiger partial charge on any atom is 0.253 e. The predicted molar refractivity (Wildman–Crippen MR) is 147 cm³/mol. The molecule has 2 heterocycles. The highest BCUT2D eigenvalue weighted by Gasteiger charge is 2.25. The van der Waals surface area contributed by atoms with Crippen LogP contribution in [-0.2, 0) is 11.2 Å². The van der Waals surface area contributed by atoms with Crippen molar-refractivity contribution in [2.45, 2.75) is 25.3 Å². The number of hydrogen-bond acceptors (Lipinski definition) is 3. The Morgan fingerprint density at radius 2 is 1.72 bits per heavy atom. The molecule has 2 amide bonds. The van der Waals surface area contributed by atoms with E-state index in [0.29, 0.717) is 21.7 Å². The quantitative estimate of drug-likeness (QED) is 0.363. The number of carbonyl (C=O) groups is 2. The van der Waals surface area contributed by atoms with Crippen LogP contribution >= 0.6 is 23.2 Å². The van der Waals surface area contributed by atoms with E-state index >= 15 is 0 Å². The lowest BCUT2D eigenvalue weighted by molar-refractivity contribution is -0.117. The number of benzene rings is 3. The summed E-state index contributed by atoms with van der Waals surface area (Å²) in [5.74, 6) is -0.375. The van der Waals surface area contributed by atoms with Crippen molar-refractivity contribution >= 4 is 56.8 Å². The van der Waals surface area contributed by atoms with E-state index in [4.69, 9.17) is 28.9 Å². The van der Waals surface area contributed by atoms with Crippen molar-refractivity contribution in [2.75, 3.05) is 27.2 Å². The van der Waals surface area contributed by atoms with Gasteiger partial charge in [-0.05, 0) is 86.1 Å². The van der Waals surface area contributed by atoms with Gasteiger partial charge in [0.25, 0.3) is 5.91 Å². The number of aromatic amines is 1. The first kappa shape index (κ1) is 24.6. The lowest BCUT2D eigenvalue weighted by Gasteiger charge is -2.35. The van der Waals surface area contributed by atoms with Crippen molar-refractivity contribution in [3.8, 4) is 11.1 Å². The SMILES string of the molecule is CN(C)C1CCN(C(=O)c2ccc3[nH]c4c(CC(N)=O)cc(-c5ccc(Cl)c(Cl)c5)cc4c3c2)CC1. The number of nitrogens with two attached hydrogens (primary N) is 1.